The Bertz CT molecular complexity index is 593. The SMILES string of the molecule is CCCCCCCCCCCCCCCCCCCC(=O)OC(COC(=O)CCCC)COP(=O)(O)O. The summed E-state index contributed by atoms with van der Waals surface area (Å²) in [5.41, 5.74) is 0. The van der Waals surface area contributed by atoms with E-state index in [9.17, 15) is 14.2 Å². The molecule has 0 bridgehead atoms. The van der Waals surface area contributed by atoms with Gasteiger partial charge < -0.3 is 19.3 Å². The topological polar surface area (TPSA) is 119 Å². The lowest BCUT2D eigenvalue weighted by Gasteiger charge is -2.18. The van der Waals surface area contributed by atoms with Gasteiger partial charge in [-0.05, 0) is 12.8 Å². The van der Waals surface area contributed by atoms with Crippen molar-refractivity contribution >= 4 is 19.8 Å². The van der Waals surface area contributed by atoms with Gasteiger partial charge in [0.25, 0.3) is 0 Å². The van der Waals surface area contributed by atoms with Crippen molar-refractivity contribution in [3.05, 3.63) is 0 Å². The van der Waals surface area contributed by atoms with Gasteiger partial charge in [-0.25, -0.2) is 4.57 Å². The minimum atomic E-state index is -4.72. The number of ether oxygens (including phenoxy) is 2. The molecule has 9 heteroatoms. The molecule has 0 amide bonds. The van der Waals surface area contributed by atoms with E-state index in [2.05, 4.69) is 11.4 Å². The highest BCUT2D eigenvalue weighted by molar-refractivity contribution is 7.46. The molecule has 0 aliphatic carbocycles. The fraction of sp³-hybridized carbons (Fsp3) is 0.929. The minimum absolute atomic E-state index is 0.217. The van der Waals surface area contributed by atoms with Crippen LogP contribution < -0.4 is 0 Å². The lowest BCUT2D eigenvalue weighted by atomic mass is 10.0. The van der Waals surface area contributed by atoms with Crippen molar-refractivity contribution in [2.24, 2.45) is 0 Å². The molecule has 0 saturated carbocycles. The van der Waals surface area contributed by atoms with Crippen molar-refractivity contribution in [2.75, 3.05) is 13.2 Å². The Hall–Kier alpha value is -0.950. The summed E-state index contributed by atoms with van der Waals surface area (Å²) in [5.74, 6) is -0.919. The molecule has 0 heterocycles. The summed E-state index contributed by atoms with van der Waals surface area (Å²) >= 11 is 0. The number of phosphoric ester groups is 1. The van der Waals surface area contributed by atoms with Crippen LogP contribution in [0.15, 0.2) is 0 Å². The summed E-state index contributed by atoms with van der Waals surface area (Å²) in [5, 5.41) is 0. The van der Waals surface area contributed by atoms with Gasteiger partial charge in [-0.1, -0.05) is 123 Å². The molecule has 0 aromatic carbocycles. The Morgan fingerprint density at radius 1 is 0.595 bits per heavy atom. The van der Waals surface area contributed by atoms with E-state index < -0.39 is 32.5 Å². The van der Waals surface area contributed by atoms with Crippen LogP contribution in [-0.4, -0.2) is 41.0 Å². The van der Waals surface area contributed by atoms with Gasteiger partial charge in [-0.2, -0.15) is 0 Å². The minimum Gasteiger partial charge on any atom is -0.462 e. The summed E-state index contributed by atoms with van der Waals surface area (Å²) in [6.45, 7) is 3.39. The lowest BCUT2D eigenvalue weighted by Crippen LogP contribution is -2.29. The highest BCUT2D eigenvalue weighted by Gasteiger charge is 2.22. The van der Waals surface area contributed by atoms with Crippen molar-refractivity contribution < 1.29 is 37.9 Å². The molecule has 0 fully saturated rings. The number of phosphoric acid groups is 1. The van der Waals surface area contributed by atoms with E-state index in [0.717, 1.165) is 19.3 Å². The third kappa shape index (κ3) is 27.9. The summed E-state index contributed by atoms with van der Waals surface area (Å²) in [4.78, 5) is 41.6. The maximum atomic E-state index is 12.1. The number of carbonyl (C=O) groups is 2. The van der Waals surface area contributed by atoms with Crippen molar-refractivity contribution in [1.82, 2.24) is 0 Å². The number of unbranched alkanes of at least 4 members (excludes halogenated alkanes) is 17. The van der Waals surface area contributed by atoms with E-state index in [4.69, 9.17) is 19.3 Å². The Kier molecular flexibility index (Phi) is 24.7. The predicted molar refractivity (Wildman–Crippen MR) is 147 cm³/mol. The van der Waals surface area contributed by atoms with Crippen LogP contribution in [0.5, 0.6) is 0 Å². The van der Waals surface area contributed by atoms with Gasteiger partial charge >= 0.3 is 19.8 Å². The lowest BCUT2D eigenvalue weighted by molar-refractivity contribution is -0.161. The summed E-state index contributed by atoms with van der Waals surface area (Å²) in [6.07, 6.45) is 22.4. The van der Waals surface area contributed by atoms with E-state index in [1.54, 1.807) is 0 Å². The zero-order valence-electron chi connectivity index (χ0n) is 23.6. The molecule has 0 aromatic rings. The van der Waals surface area contributed by atoms with Gasteiger partial charge in [-0.3, -0.25) is 14.1 Å². The second-order valence-corrected chi connectivity index (χ2v) is 11.3. The monoisotopic (exact) mass is 550 g/mol. The van der Waals surface area contributed by atoms with Gasteiger partial charge in [0.2, 0.25) is 0 Å². The van der Waals surface area contributed by atoms with Crippen LogP contribution in [0.3, 0.4) is 0 Å². The molecule has 0 radical (unpaired) electrons. The number of esters is 2. The molecular formula is C28H55O8P. The number of rotatable bonds is 27. The van der Waals surface area contributed by atoms with Crippen LogP contribution in [0.2, 0.25) is 0 Å². The van der Waals surface area contributed by atoms with Gasteiger partial charge in [0.1, 0.15) is 6.61 Å². The molecule has 1 atom stereocenters. The summed E-state index contributed by atoms with van der Waals surface area (Å²) in [7, 11) is -4.72. The molecule has 8 nitrogen and oxygen atoms in total. The average molecular weight is 551 g/mol. The second-order valence-electron chi connectivity index (χ2n) is 10.1. The number of hydrogen-bond donors (Lipinski definition) is 2. The number of carbonyl (C=O) groups excluding carboxylic acids is 2. The standard InChI is InChI=1S/C28H55O8P/c1-3-5-7-8-9-10-11-12-13-14-15-16-17-18-19-20-21-23-28(30)36-26(25-35-37(31,32)33)24-34-27(29)22-6-4-2/h26H,3-25H2,1-2H3,(H2,31,32,33). The fourth-order valence-corrected chi connectivity index (χ4v) is 4.48. The highest BCUT2D eigenvalue weighted by Crippen LogP contribution is 2.35. The van der Waals surface area contributed by atoms with Crippen LogP contribution in [0.25, 0.3) is 0 Å². The van der Waals surface area contributed by atoms with Crippen LogP contribution in [0, 0.1) is 0 Å². The molecule has 0 aliphatic heterocycles. The molecule has 220 valence electrons. The van der Waals surface area contributed by atoms with E-state index in [0.29, 0.717) is 12.8 Å². The Labute approximate surface area is 225 Å². The fourth-order valence-electron chi connectivity index (χ4n) is 4.11. The first-order valence-corrected chi connectivity index (χ1v) is 16.4. The third-order valence-corrected chi connectivity index (χ3v) is 6.86. The first-order chi connectivity index (χ1) is 17.8. The first-order valence-electron chi connectivity index (χ1n) is 14.8. The molecule has 1 unspecified atom stereocenters. The quantitative estimate of drug-likeness (QED) is 0.0604. The van der Waals surface area contributed by atoms with E-state index in [1.165, 1.54) is 89.9 Å². The summed E-state index contributed by atoms with van der Waals surface area (Å²) < 4.78 is 25.7. The highest BCUT2D eigenvalue weighted by atomic mass is 31.2. The van der Waals surface area contributed by atoms with Crippen LogP contribution in [0.4, 0.5) is 0 Å². The number of hydrogen-bond acceptors (Lipinski definition) is 6. The van der Waals surface area contributed by atoms with Crippen molar-refractivity contribution in [1.29, 1.82) is 0 Å². The predicted octanol–water partition coefficient (Wildman–Crippen LogP) is 7.78. The van der Waals surface area contributed by atoms with Crippen LogP contribution >= 0.6 is 7.82 Å². The normalized spacial score (nSPS) is 12.4. The molecular weight excluding hydrogens is 495 g/mol. The maximum Gasteiger partial charge on any atom is 0.469 e. The Balaban J connectivity index is 3.76. The van der Waals surface area contributed by atoms with E-state index >= 15 is 0 Å². The van der Waals surface area contributed by atoms with Crippen molar-refractivity contribution in [3.63, 3.8) is 0 Å². The smallest absolute Gasteiger partial charge is 0.462 e. The van der Waals surface area contributed by atoms with E-state index in [1.807, 2.05) is 6.92 Å². The molecule has 0 rings (SSSR count). The average Bonchev–Trinajstić information content (AvgIpc) is 2.85. The molecule has 2 N–H and O–H groups in total. The zero-order chi connectivity index (χ0) is 27.6. The Morgan fingerprint density at radius 3 is 1.43 bits per heavy atom. The van der Waals surface area contributed by atoms with Crippen molar-refractivity contribution in [2.45, 2.75) is 155 Å². The largest absolute Gasteiger partial charge is 0.469 e. The zero-order valence-corrected chi connectivity index (χ0v) is 24.5. The van der Waals surface area contributed by atoms with E-state index in [-0.39, 0.29) is 19.4 Å². The van der Waals surface area contributed by atoms with Crippen LogP contribution in [-0.2, 0) is 28.2 Å². The van der Waals surface area contributed by atoms with Crippen LogP contribution in [0.1, 0.15) is 149 Å². The Morgan fingerprint density at radius 2 is 1.00 bits per heavy atom. The van der Waals surface area contributed by atoms with Gasteiger partial charge in [-0.15, -0.1) is 0 Å². The molecule has 37 heavy (non-hydrogen) atoms. The van der Waals surface area contributed by atoms with Gasteiger partial charge in [0.05, 0.1) is 6.61 Å². The molecule has 0 aliphatic rings. The van der Waals surface area contributed by atoms with Gasteiger partial charge in [0.15, 0.2) is 6.10 Å². The maximum absolute atomic E-state index is 12.1. The molecule has 0 spiro atoms. The third-order valence-electron chi connectivity index (χ3n) is 6.38. The van der Waals surface area contributed by atoms with Crippen molar-refractivity contribution in [3.8, 4) is 0 Å². The molecule has 0 aromatic heterocycles. The molecule has 0 saturated heterocycles. The first kappa shape index (κ1) is 36.0. The summed E-state index contributed by atoms with van der Waals surface area (Å²) in [6, 6.07) is 0. The second kappa shape index (κ2) is 25.3. The van der Waals surface area contributed by atoms with Gasteiger partial charge in [0, 0.05) is 12.8 Å².